The minimum atomic E-state index is 0.520. The Balaban J connectivity index is 1.49. The van der Waals surface area contributed by atoms with Gasteiger partial charge in [0.25, 0.3) is 0 Å². The Morgan fingerprint density at radius 2 is 2.00 bits per heavy atom. The molecule has 3 atom stereocenters. The topological polar surface area (TPSA) is 54.6 Å². The SMILES string of the molecule is COc1cccc([C@@H]2CN(Cc3cccnc3N)[C@H]3C4CCN(CC4)[C@@H]23)c1. The van der Waals surface area contributed by atoms with E-state index in [1.807, 2.05) is 12.1 Å². The molecule has 0 saturated carbocycles. The smallest absolute Gasteiger partial charge is 0.127 e. The van der Waals surface area contributed by atoms with Crippen LogP contribution in [0.15, 0.2) is 42.6 Å². The van der Waals surface area contributed by atoms with Crippen molar-refractivity contribution in [2.75, 3.05) is 32.5 Å². The number of nitrogen functional groups attached to an aromatic ring is 1. The number of pyridine rings is 1. The Morgan fingerprint density at radius 1 is 1.15 bits per heavy atom. The highest BCUT2D eigenvalue weighted by atomic mass is 16.5. The predicted molar refractivity (Wildman–Crippen MR) is 107 cm³/mol. The van der Waals surface area contributed by atoms with Crippen LogP contribution in [0.4, 0.5) is 5.82 Å². The first-order chi connectivity index (χ1) is 13.2. The van der Waals surface area contributed by atoms with Crippen LogP contribution in [-0.2, 0) is 6.54 Å². The number of anilines is 1. The predicted octanol–water partition coefficient (Wildman–Crippen LogP) is 2.73. The fourth-order valence-electron chi connectivity index (χ4n) is 5.69. The number of aromatic nitrogens is 1. The van der Waals surface area contributed by atoms with Crippen LogP contribution < -0.4 is 10.5 Å². The van der Waals surface area contributed by atoms with Gasteiger partial charge in [0.15, 0.2) is 0 Å². The van der Waals surface area contributed by atoms with E-state index < -0.39 is 0 Å². The van der Waals surface area contributed by atoms with E-state index in [9.17, 15) is 0 Å². The molecule has 0 aliphatic carbocycles. The number of nitrogens with zero attached hydrogens (tertiary/aromatic N) is 3. The van der Waals surface area contributed by atoms with Crippen LogP contribution in [0.25, 0.3) is 0 Å². The van der Waals surface area contributed by atoms with Gasteiger partial charge in [0.2, 0.25) is 0 Å². The van der Waals surface area contributed by atoms with Gasteiger partial charge in [-0.2, -0.15) is 0 Å². The Hall–Kier alpha value is -2.11. The normalized spacial score (nSPS) is 32.4. The van der Waals surface area contributed by atoms with E-state index in [0.717, 1.165) is 30.3 Å². The summed E-state index contributed by atoms with van der Waals surface area (Å²) in [7, 11) is 1.75. The maximum atomic E-state index is 6.16. The van der Waals surface area contributed by atoms with Crippen molar-refractivity contribution in [1.82, 2.24) is 14.8 Å². The summed E-state index contributed by atoms with van der Waals surface area (Å²) < 4.78 is 5.50. The molecule has 142 valence electrons. The van der Waals surface area contributed by atoms with E-state index in [-0.39, 0.29) is 0 Å². The van der Waals surface area contributed by atoms with Gasteiger partial charge in [-0.3, -0.25) is 9.80 Å². The molecule has 0 radical (unpaired) electrons. The average molecular weight is 364 g/mol. The largest absolute Gasteiger partial charge is 0.497 e. The highest BCUT2D eigenvalue weighted by Crippen LogP contribution is 2.47. The fraction of sp³-hybridized carbons (Fsp3) is 0.500. The molecule has 1 aromatic heterocycles. The number of methoxy groups -OCH3 is 1. The summed E-state index contributed by atoms with van der Waals surface area (Å²) in [6, 6.07) is 14.0. The van der Waals surface area contributed by atoms with Crippen molar-refractivity contribution < 1.29 is 4.74 Å². The van der Waals surface area contributed by atoms with E-state index in [4.69, 9.17) is 10.5 Å². The third kappa shape index (κ3) is 2.89. The molecule has 0 unspecified atom stereocenters. The standard InChI is InChI=1S/C22H28N4O/c1-27-18-6-2-4-16(12-18)19-14-26(13-17-5-3-9-24-22(17)23)20-15-7-10-25(11-8-15)21(19)20/h2-6,9,12,15,19-21H,7-8,10-11,13-14H2,1H3,(H2,23,24)/t19-,20-,21-/m0/s1. The van der Waals surface area contributed by atoms with Crippen LogP contribution >= 0.6 is 0 Å². The number of rotatable bonds is 4. The Morgan fingerprint density at radius 3 is 2.78 bits per heavy atom. The molecule has 2 bridgehead atoms. The molecular formula is C22H28N4O. The number of piperidine rings is 3. The molecular weight excluding hydrogens is 336 g/mol. The first kappa shape index (κ1) is 17.0. The van der Waals surface area contributed by atoms with Crippen molar-refractivity contribution in [2.45, 2.75) is 37.4 Å². The number of ether oxygens (including phenoxy) is 1. The van der Waals surface area contributed by atoms with E-state index >= 15 is 0 Å². The summed E-state index contributed by atoms with van der Waals surface area (Å²) in [6.07, 6.45) is 4.43. The Bertz CT molecular complexity index is 817. The molecule has 4 fully saturated rings. The number of benzene rings is 1. The zero-order valence-corrected chi connectivity index (χ0v) is 15.9. The first-order valence-corrected chi connectivity index (χ1v) is 10.1. The van der Waals surface area contributed by atoms with Crippen LogP contribution in [-0.4, -0.2) is 53.6 Å². The van der Waals surface area contributed by atoms with E-state index in [0.29, 0.717) is 23.8 Å². The molecule has 5 heterocycles. The number of likely N-dealkylation sites (tertiary alicyclic amines) is 1. The van der Waals surface area contributed by atoms with E-state index in [1.165, 1.54) is 31.5 Å². The Kier molecular flexibility index (Phi) is 4.29. The van der Waals surface area contributed by atoms with Crippen molar-refractivity contribution in [2.24, 2.45) is 5.92 Å². The molecule has 0 spiro atoms. The summed E-state index contributed by atoms with van der Waals surface area (Å²) in [5.41, 5.74) is 8.71. The maximum absolute atomic E-state index is 6.16. The molecule has 5 nitrogen and oxygen atoms in total. The quantitative estimate of drug-likeness (QED) is 0.904. The lowest BCUT2D eigenvalue weighted by Crippen LogP contribution is -2.60. The zero-order chi connectivity index (χ0) is 18.4. The van der Waals surface area contributed by atoms with Crippen LogP contribution in [0, 0.1) is 5.92 Å². The van der Waals surface area contributed by atoms with E-state index in [1.54, 1.807) is 13.3 Å². The summed E-state index contributed by atoms with van der Waals surface area (Å²) in [5, 5.41) is 0. The van der Waals surface area contributed by atoms with Gasteiger partial charge in [-0.25, -0.2) is 4.98 Å². The highest BCUT2D eigenvalue weighted by molar-refractivity contribution is 5.39. The lowest BCUT2D eigenvalue weighted by Gasteiger charge is -2.51. The van der Waals surface area contributed by atoms with Crippen LogP contribution in [0.2, 0.25) is 0 Å². The minimum Gasteiger partial charge on any atom is -0.497 e. The third-order valence-electron chi connectivity index (χ3n) is 6.92. The lowest BCUT2D eigenvalue weighted by atomic mass is 9.75. The average Bonchev–Trinajstić information content (AvgIpc) is 3.12. The second kappa shape index (κ2) is 6.80. The van der Waals surface area contributed by atoms with Crippen molar-refractivity contribution in [3.8, 4) is 5.75 Å². The third-order valence-corrected chi connectivity index (χ3v) is 6.92. The first-order valence-electron chi connectivity index (χ1n) is 10.1. The van der Waals surface area contributed by atoms with Gasteiger partial charge >= 0.3 is 0 Å². The summed E-state index contributed by atoms with van der Waals surface area (Å²) in [5.74, 6) is 2.94. The van der Waals surface area contributed by atoms with Crippen molar-refractivity contribution in [1.29, 1.82) is 0 Å². The molecule has 5 heteroatoms. The van der Waals surface area contributed by atoms with Crippen LogP contribution in [0.3, 0.4) is 0 Å². The van der Waals surface area contributed by atoms with Gasteiger partial charge in [0.05, 0.1) is 7.11 Å². The van der Waals surface area contributed by atoms with Gasteiger partial charge in [-0.15, -0.1) is 0 Å². The van der Waals surface area contributed by atoms with Gasteiger partial charge in [-0.05, 0) is 55.6 Å². The molecule has 1 aromatic carbocycles. The monoisotopic (exact) mass is 364 g/mol. The summed E-state index contributed by atoms with van der Waals surface area (Å²) in [6.45, 7) is 4.46. The highest BCUT2D eigenvalue weighted by Gasteiger charge is 2.53. The number of hydrogen-bond donors (Lipinski definition) is 1. The molecule has 4 aliphatic rings. The number of hydrogen-bond acceptors (Lipinski definition) is 5. The molecule has 27 heavy (non-hydrogen) atoms. The molecule has 4 saturated heterocycles. The van der Waals surface area contributed by atoms with E-state index in [2.05, 4.69) is 39.0 Å². The van der Waals surface area contributed by atoms with Gasteiger partial charge < -0.3 is 10.5 Å². The van der Waals surface area contributed by atoms with Gasteiger partial charge in [0.1, 0.15) is 11.6 Å². The molecule has 4 aliphatic heterocycles. The lowest BCUT2D eigenvalue weighted by molar-refractivity contribution is -0.00866. The molecule has 0 amide bonds. The van der Waals surface area contributed by atoms with Crippen LogP contribution in [0.5, 0.6) is 5.75 Å². The fourth-order valence-corrected chi connectivity index (χ4v) is 5.69. The number of fused-ring (bicyclic) bond motifs is 2. The second-order valence-electron chi connectivity index (χ2n) is 8.21. The summed E-state index contributed by atoms with van der Waals surface area (Å²) in [4.78, 5) is 9.71. The molecule has 2 aromatic rings. The number of nitrogens with two attached hydrogens (primary N) is 1. The molecule has 2 N–H and O–H groups in total. The summed E-state index contributed by atoms with van der Waals surface area (Å²) >= 11 is 0. The van der Waals surface area contributed by atoms with Crippen molar-refractivity contribution in [3.63, 3.8) is 0 Å². The molecule has 6 rings (SSSR count). The van der Waals surface area contributed by atoms with Crippen molar-refractivity contribution in [3.05, 3.63) is 53.7 Å². The zero-order valence-electron chi connectivity index (χ0n) is 15.9. The maximum Gasteiger partial charge on any atom is 0.127 e. The minimum absolute atomic E-state index is 0.520. The van der Waals surface area contributed by atoms with Crippen LogP contribution in [0.1, 0.15) is 29.9 Å². The van der Waals surface area contributed by atoms with Crippen molar-refractivity contribution >= 4 is 5.82 Å². The van der Waals surface area contributed by atoms with Gasteiger partial charge in [-0.1, -0.05) is 18.2 Å². The van der Waals surface area contributed by atoms with Gasteiger partial charge in [0, 0.05) is 42.9 Å². The Labute approximate surface area is 161 Å². The second-order valence-corrected chi connectivity index (χ2v) is 8.21.